The summed E-state index contributed by atoms with van der Waals surface area (Å²) in [5, 5.41) is 3.30. The Balaban J connectivity index is 2.19. The number of H-pyrrole nitrogens is 1. The maximum Gasteiger partial charge on any atom is 0.250 e. The van der Waals surface area contributed by atoms with Crippen LogP contribution >= 0.6 is 0 Å². The predicted molar refractivity (Wildman–Crippen MR) is 49.7 cm³/mol. The molecule has 0 radical (unpaired) electrons. The van der Waals surface area contributed by atoms with E-state index in [0.717, 1.165) is 25.2 Å². The van der Waals surface area contributed by atoms with E-state index in [9.17, 15) is 4.79 Å². The first-order chi connectivity index (χ1) is 6.36. The predicted octanol–water partition coefficient (Wildman–Crippen LogP) is 0.237. The molecule has 0 bridgehead atoms. The zero-order chi connectivity index (χ0) is 9.10. The van der Waals surface area contributed by atoms with Gasteiger partial charge in [0.1, 0.15) is 0 Å². The third-order valence-electron chi connectivity index (χ3n) is 2.41. The third-order valence-corrected chi connectivity index (χ3v) is 2.41. The summed E-state index contributed by atoms with van der Waals surface area (Å²) in [4.78, 5) is 17.7. The number of nitrogens with one attached hydrogen (secondary N) is 2. The van der Waals surface area contributed by atoms with Crippen LogP contribution in [0.5, 0.6) is 0 Å². The van der Waals surface area contributed by atoms with Gasteiger partial charge < -0.3 is 10.3 Å². The molecule has 1 atom stereocenters. The van der Waals surface area contributed by atoms with Gasteiger partial charge in [0, 0.05) is 18.5 Å². The van der Waals surface area contributed by atoms with Gasteiger partial charge in [0.15, 0.2) is 0 Å². The summed E-state index contributed by atoms with van der Waals surface area (Å²) in [7, 11) is 0. The van der Waals surface area contributed by atoms with E-state index in [1.807, 2.05) is 0 Å². The Kier molecular flexibility index (Phi) is 2.40. The lowest BCUT2D eigenvalue weighted by atomic mass is 9.96. The minimum absolute atomic E-state index is 0.0597. The van der Waals surface area contributed by atoms with Crippen molar-refractivity contribution < 1.29 is 0 Å². The van der Waals surface area contributed by atoms with E-state index in [0.29, 0.717) is 5.92 Å². The second-order valence-corrected chi connectivity index (χ2v) is 3.38. The first-order valence-corrected chi connectivity index (χ1v) is 4.61. The minimum Gasteiger partial charge on any atom is -0.316 e. The highest BCUT2D eigenvalue weighted by Crippen LogP contribution is 2.19. The molecule has 2 N–H and O–H groups in total. The van der Waals surface area contributed by atoms with Crippen molar-refractivity contribution in [2.45, 2.75) is 18.8 Å². The Morgan fingerprint density at radius 3 is 3.15 bits per heavy atom. The maximum absolute atomic E-state index is 11.0. The molecule has 0 aromatic carbocycles. The Bertz CT molecular complexity index is 328. The molecule has 4 nitrogen and oxygen atoms in total. The van der Waals surface area contributed by atoms with Gasteiger partial charge in [-0.25, -0.2) is 4.98 Å². The Morgan fingerprint density at radius 1 is 1.54 bits per heavy atom. The molecule has 70 valence electrons. The van der Waals surface area contributed by atoms with Crippen molar-refractivity contribution >= 4 is 0 Å². The van der Waals surface area contributed by atoms with Gasteiger partial charge in [-0.1, -0.05) is 0 Å². The molecule has 2 heterocycles. The summed E-state index contributed by atoms with van der Waals surface area (Å²) in [6.45, 7) is 2.02. The minimum atomic E-state index is -0.0597. The van der Waals surface area contributed by atoms with Crippen LogP contribution in [-0.2, 0) is 0 Å². The maximum atomic E-state index is 11.0. The Morgan fingerprint density at radius 2 is 2.46 bits per heavy atom. The van der Waals surface area contributed by atoms with Crippen LogP contribution < -0.4 is 10.9 Å². The molecular weight excluding hydrogens is 166 g/mol. The van der Waals surface area contributed by atoms with E-state index in [4.69, 9.17) is 0 Å². The second kappa shape index (κ2) is 3.70. The number of rotatable bonds is 1. The largest absolute Gasteiger partial charge is 0.316 e. The van der Waals surface area contributed by atoms with Crippen LogP contribution in [0.3, 0.4) is 0 Å². The molecule has 2 rings (SSSR count). The molecule has 0 unspecified atom stereocenters. The Labute approximate surface area is 76.4 Å². The van der Waals surface area contributed by atoms with Crippen molar-refractivity contribution in [3.05, 3.63) is 28.4 Å². The molecule has 1 aromatic rings. The molecule has 1 fully saturated rings. The summed E-state index contributed by atoms with van der Waals surface area (Å²) in [6.07, 6.45) is 3.77. The number of hydrogen-bond donors (Lipinski definition) is 2. The first-order valence-electron chi connectivity index (χ1n) is 4.61. The van der Waals surface area contributed by atoms with Crippen molar-refractivity contribution in [2.24, 2.45) is 0 Å². The number of piperidine rings is 1. The lowest BCUT2D eigenvalue weighted by molar-refractivity contribution is 0.454. The molecule has 1 saturated heterocycles. The molecule has 4 heteroatoms. The van der Waals surface area contributed by atoms with Crippen molar-refractivity contribution in [2.75, 3.05) is 13.1 Å². The highest BCUT2D eigenvalue weighted by atomic mass is 16.1. The summed E-state index contributed by atoms with van der Waals surface area (Å²) in [5.41, 5.74) is 0.853. The van der Waals surface area contributed by atoms with E-state index in [1.54, 1.807) is 6.07 Å². The van der Waals surface area contributed by atoms with Crippen LogP contribution in [0.25, 0.3) is 0 Å². The quantitative estimate of drug-likeness (QED) is 0.649. The van der Waals surface area contributed by atoms with Crippen molar-refractivity contribution in [3.8, 4) is 0 Å². The van der Waals surface area contributed by atoms with Crippen LogP contribution in [0.4, 0.5) is 0 Å². The van der Waals surface area contributed by atoms with Gasteiger partial charge in [-0.05, 0) is 19.4 Å². The van der Waals surface area contributed by atoms with Crippen LogP contribution in [-0.4, -0.2) is 23.1 Å². The zero-order valence-electron chi connectivity index (χ0n) is 7.42. The van der Waals surface area contributed by atoms with Gasteiger partial charge in [0.05, 0.1) is 12.0 Å². The highest BCUT2D eigenvalue weighted by molar-refractivity contribution is 5.07. The van der Waals surface area contributed by atoms with E-state index in [-0.39, 0.29) is 5.56 Å². The standard InChI is InChI=1S/C9H13N3O/c13-9-4-8(11-6-12-9)7-2-1-3-10-5-7/h4,6-7,10H,1-3,5H2,(H,11,12,13)/t7-/m0/s1. The first kappa shape index (κ1) is 8.44. The van der Waals surface area contributed by atoms with Gasteiger partial charge in [0.2, 0.25) is 0 Å². The molecular formula is C9H13N3O. The highest BCUT2D eigenvalue weighted by Gasteiger charge is 2.16. The molecule has 1 aromatic heterocycles. The van der Waals surface area contributed by atoms with Gasteiger partial charge in [0.25, 0.3) is 5.56 Å². The SMILES string of the molecule is O=c1cc([C@H]2CCCNC2)nc[nH]1. The third kappa shape index (κ3) is 1.95. The number of nitrogens with zero attached hydrogens (tertiary/aromatic N) is 1. The number of aromatic amines is 1. The van der Waals surface area contributed by atoms with E-state index in [2.05, 4.69) is 15.3 Å². The molecule has 1 aliphatic heterocycles. The van der Waals surface area contributed by atoms with Gasteiger partial charge in [-0.2, -0.15) is 0 Å². The topological polar surface area (TPSA) is 57.8 Å². The number of aromatic nitrogens is 2. The average Bonchev–Trinajstić information content (AvgIpc) is 2.19. The van der Waals surface area contributed by atoms with Crippen LogP contribution in [0, 0.1) is 0 Å². The number of hydrogen-bond acceptors (Lipinski definition) is 3. The van der Waals surface area contributed by atoms with Crippen LogP contribution in [0.15, 0.2) is 17.2 Å². The summed E-state index contributed by atoms with van der Waals surface area (Å²) >= 11 is 0. The van der Waals surface area contributed by atoms with Crippen LogP contribution in [0.1, 0.15) is 24.5 Å². The molecule has 1 aliphatic rings. The normalized spacial score (nSPS) is 22.9. The fourth-order valence-corrected chi connectivity index (χ4v) is 1.71. The summed E-state index contributed by atoms with van der Waals surface area (Å²) in [5.74, 6) is 0.413. The molecule has 13 heavy (non-hydrogen) atoms. The fraction of sp³-hybridized carbons (Fsp3) is 0.556. The molecule has 0 aliphatic carbocycles. The van der Waals surface area contributed by atoms with Crippen LogP contribution in [0.2, 0.25) is 0 Å². The summed E-state index contributed by atoms with van der Waals surface area (Å²) in [6, 6.07) is 1.59. The van der Waals surface area contributed by atoms with Crippen molar-refractivity contribution in [1.29, 1.82) is 0 Å². The lowest BCUT2D eigenvalue weighted by Crippen LogP contribution is -2.29. The smallest absolute Gasteiger partial charge is 0.250 e. The molecule has 0 spiro atoms. The van der Waals surface area contributed by atoms with Gasteiger partial charge >= 0.3 is 0 Å². The molecule has 0 amide bonds. The van der Waals surface area contributed by atoms with Gasteiger partial charge in [-0.15, -0.1) is 0 Å². The molecule has 0 saturated carbocycles. The van der Waals surface area contributed by atoms with Gasteiger partial charge in [-0.3, -0.25) is 4.79 Å². The van der Waals surface area contributed by atoms with E-state index >= 15 is 0 Å². The fourth-order valence-electron chi connectivity index (χ4n) is 1.71. The van der Waals surface area contributed by atoms with E-state index < -0.39 is 0 Å². The average molecular weight is 179 g/mol. The zero-order valence-corrected chi connectivity index (χ0v) is 7.42. The second-order valence-electron chi connectivity index (χ2n) is 3.38. The van der Waals surface area contributed by atoms with Crippen molar-refractivity contribution in [3.63, 3.8) is 0 Å². The monoisotopic (exact) mass is 179 g/mol. The Hall–Kier alpha value is -1.16. The van der Waals surface area contributed by atoms with Crippen molar-refractivity contribution in [1.82, 2.24) is 15.3 Å². The summed E-state index contributed by atoms with van der Waals surface area (Å²) < 4.78 is 0. The van der Waals surface area contributed by atoms with E-state index in [1.165, 1.54) is 12.7 Å². The lowest BCUT2D eigenvalue weighted by Gasteiger charge is -2.21.